The Balaban J connectivity index is 1.74. The van der Waals surface area contributed by atoms with Gasteiger partial charge in [-0.25, -0.2) is 14.8 Å². The molecule has 3 aromatic rings. The third-order valence-corrected chi connectivity index (χ3v) is 4.54. The summed E-state index contributed by atoms with van der Waals surface area (Å²) in [5, 5.41) is 6.47. The molecule has 1 amide bonds. The van der Waals surface area contributed by atoms with Gasteiger partial charge in [-0.2, -0.15) is 0 Å². The standard InChI is InChI=1S/C21H21Cl3N4O5/c1-30-7-8-32-15-9-16-18(17(10-15)31-2)19(26-12-25-16)27-13-3-5-14(6-4-13)28-20(29)33-11-21(22,23)24/h3-6,9-10,12H,7-8,11H2,1-2H3,(H,28,29)(H,25,26,27). The molecule has 3 rings (SSSR count). The minimum Gasteiger partial charge on any atom is -0.496 e. The van der Waals surface area contributed by atoms with Gasteiger partial charge in [0.25, 0.3) is 0 Å². The van der Waals surface area contributed by atoms with E-state index >= 15 is 0 Å². The van der Waals surface area contributed by atoms with Gasteiger partial charge >= 0.3 is 6.09 Å². The fraction of sp³-hybridized carbons (Fsp3) is 0.286. The number of carbonyl (C=O) groups is 1. The second-order valence-electron chi connectivity index (χ2n) is 6.60. The average molecular weight is 516 g/mol. The number of aromatic nitrogens is 2. The molecule has 0 aliphatic carbocycles. The Morgan fingerprint density at radius 3 is 2.42 bits per heavy atom. The summed E-state index contributed by atoms with van der Waals surface area (Å²) in [6.07, 6.45) is 0.705. The number of halogens is 3. The van der Waals surface area contributed by atoms with Gasteiger partial charge < -0.3 is 24.3 Å². The summed E-state index contributed by atoms with van der Waals surface area (Å²) in [7, 11) is 3.17. The van der Waals surface area contributed by atoms with E-state index in [4.69, 9.17) is 53.8 Å². The summed E-state index contributed by atoms with van der Waals surface area (Å²) in [6.45, 7) is 0.497. The van der Waals surface area contributed by atoms with Gasteiger partial charge in [-0.3, -0.25) is 5.32 Å². The first-order valence-electron chi connectivity index (χ1n) is 9.61. The fourth-order valence-corrected chi connectivity index (χ4v) is 2.95. The summed E-state index contributed by atoms with van der Waals surface area (Å²) < 4.78 is 19.4. The molecule has 0 aliphatic heterocycles. The predicted molar refractivity (Wildman–Crippen MR) is 128 cm³/mol. The molecule has 0 aliphatic rings. The highest BCUT2D eigenvalue weighted by atomic mass is 35.6. The van der Waals surface area contributed by atoms with E-state index in [1.807, 2.05) is 0 Å². The smallest absolute Gasteiger partial charge is 0.411 e. The van der Waals surface area contributed by atoms with Crippen LogP contribution in [-0.4, -0.2) is 53.9 Å². The Kier molecular flexibility index (Phi) is 8.62. The van der Waals surface area contributed by atoms with Crippen molar-refractivity contribution in [3.8, 4) is 11.5 Å². The molecular formula is C21H21Cl3N4O5. The van der Waals surface area contributed by atoms with Crippen LogP contribution in [0, 0.1) is 0 Å². The summed E-state index contributed by atoms with van der Waals surface area (Å²) in [6, 6.07) is 10.4. The van der Waals surface area contributed by atoms with Crippen molar-refractivity contribution in [1.82, 2.24) is 9.97 Å². The van der Waals surface area contributed by atoms with Crippen molar-refractivity contribution in [1.29, 1.82) is 0 Å². The first kappa shape index (κ1) is 24.9. The van der Waals surface area contributed by atoms with Gasteiger partial charge in [0.15, 0.2) is 0 Å². The van der Waals surface area contributed by atoms with Crippen LogP contribution in [0.25, 0.3) is 10.9 Å². The Morgan fingerprint density at radius 2 is 1.76 bits per heavy atom. The van der Waals surface area contributed by atoms with Crippen LogP contribution >= 0.6 is 34.8 Å². The minimum absolute atomic E-state index is 0.370. The summed E-state index contributed by atoms with van der Waals surface area (Å²) in [5.74, 6) is 1.71. The van der Waals surface area contributed by atoms with Crippen LogP contribution in [0.2, 0.25) is 0 Å². The van der Waals surface area contributed by atoms with Crippen LogP contribution in [0.1, 0.15) is 0 Å². The third-order valence-electron chi connectivity index (χ3n) is 4.21. The van der Waals surface area contributed by atoms with Crippen LogP contribution in [0.4, 0.5) is 22.0 Å². The van der Waals surface area contributed by atoms with Gasteiger partial charge in [0, 0.05) is 30.6 Å². The van der Waals surface area contributed by atoms with Crippen molar-refractivity contribution in [2.45, 2.75) is 3.79 Å². The van der Waals surface area contributed by atoms with Crippen molar-refractivity contribution in [3.05, 3.63) is 42.7 Å². The molecule has 0 spiro atoms. The van der Waals surface area contributed by atoms with Gasteiger partial charge in [-0.15, -0.1) is 0 Å². The lowest BCUT2D eigenvalue weighted by atomic mass is 10.2. The van der Waals surface area contributed by atoms with Gasteiger partial charge in [0.2, 0.25) is 3.79 Å². The van der Waals surface area contributed by atoms with Gasteiger partial charge in [0.1, 0.15) is 36.9 Å². The van der Waals surface area contributed by atoms with Crippen LogP contribution in [0.15, 0.2) is 42.7 Å². The number of ether oxygens (including phenoxy) is 4. The van der Waals surface area contributed by atoms with Gasteiger partial charge in [0.05, 0.1) is 24.6 Å². The van der Waals surface area contributed by atoms with Crippen LogP contribution < -0.4 is 20.1 Å². The quantitative estimate of drug-likeness (QED) is 0.291. The Labute approximate surface area is 205 Å². The molecule has 0 bridgehead atoms. The number of amides is 1. The van der Waals surface area contributed by atoms with E-state index in [1.165, 1.54) is 6.33 Å². The SMILES string of the molecule is COCCOc1cc(OC)c2c(Nc3ccc(NC(=O)OCC(Cl)(Cl)Cl)cc3)ncnc2c1. The number of fused-ring (bicyclic) bond motifs is 1. The number of nitrogens with one attached hydrogen (secondary N) is 2. The topological polar surface area (TPSA) is 104 Å². The molecule has 0 unspecified atom stereocenters. The largest absolute Gasteiger partial charge is 0.496 e. The lowest BCUT2D eigenvalue weighted by molar-refractivity contribution is 0.146. The van der Waals surface area contributed by atoms with E-state index in [1.54, 1.807) is 50.6 Å². The molecule has 0 atom stereocenters. The molecule has 0 radical (unpaired) electrons. The number of benzene rings is 2. The van der Waals surface area contributed by atoms with Crippen LogP contribution in [-0.2, 0) is 9.47 Å². The Morgan fingerprint density at radius 1 is 1.03 bits per heavy atom. The second kappa shape index (κ2) is 11.4. The van der Waals surface area contributed by atoms with Gasteiger partial charge in [-0.05, 0) is 24.3 Å². The van der Waals surface area contributed by atoms with E-state index in [9.17, 15) is 4.79 Å². The van der Waals surface area contributed by atoms with Crippen LogP contribution in [0.3, 0.4) is 0 Å². The summed E-state index contributed by atoms with van der Waals surface area (Å²) >= 11 is 16.7. The number of hydrogen-bond donors (Lipinski definition) is 2. The first-order valence-corrected chi connectivity index (χ1v) is 10.7. The number of carbonyl (C=O) groups excluding carboxylic acids is 1. The molecule has 176 valence electrons. The summed E-state index contributed by atoms with van der Waals surface area (Å²) in [5.41, 5.74) is 1.87. The van der Waals surface area contributed by atoms with Crippen molar-refractivity contribution in [2.75, 3.05) is 44.7 Å². The first-order chi connectivity index (χ1) is 15.8. The lowest BCUT2D eigenvalue weighted by Gasteiger charge is -2.14. The molecule has 9 nitrogen and oxygen atoms in total. The molecule has 0 fully saturated rings. The molecule has 12 heteroatoms. The number of rotatable bonds is 9. The second-order valence-corrected chi connectivity index (χ2v) is 9.12. The third kappa shape index (κ3) is 7.40. The van der Waals surface area contributed by atoms with E-state index in [-0.39, 0.29) is 6.61 Å². The number of methoxy groups -OCH3 is 2. The maximum absolute atomic E-state index is 11.8. The van der Waals surface area contributed by atoms with Gasteiger partial charge in [-0.1, -0.05) is 34.8 Å². The zero-order valence-corrected chi connectivity index (χ0v) is 20.0. The zero-order valence-electron chi connectivity index (χ0n) is 17.7. The number of nitrogens with zero attached hydrogens (tertiary/aromatic N) is 2. The van der Waals surface area contributed by atoms with Crippen molar-refractivity contribution >= 4 is 69.0 Å². The number of alkyl halides is 3. The summed E-state index contributed by atoms with van der Waals surface area (Å²) in [4.78, 5) is 20.5. The number of anilines is 3. The minimum atomic E-state index is -1.68. The molecule has 2 aromatic carbocycles. The van der Waals surface area contributed by atoms with E-state index < -0.39 is 9.89 Å². The van der Waals surface area contributed by atoms with Crippen molar-refractivity contribution in [2.24, 2.45) is 0 Å². The monoisotopic (exact) mass is 514 g/mol. The Bertz CT molecular complexity index is 1090. The highest BCUT2D eigenvalue weighted by Crippen LogP contribution is 2.35. The molecule has 0 saturated heterocycles. The van der Waals surface area contributed by atoms with E-state index in [0.717, 1.165) is 5.69 Å². The molecular weight excluding hydrogens is 495 g/mol. The van der Waals surface area contributed by atoms with Crippen molar-refractivity contribution in [3.63, 3.8) is 0 Å². The predicted octanol–water partition coefficient (Wildman–Crippen LogP) is 5.33. The maximum atomic E-state index is 11.8. The van der Waals surface area contributed by atoms with E-state index in [2.05, 4.69) is 20.6 Å². The lowest BCUT2D eigenvalue weighted by Crippen LogP contribution is -2.21. The number of hydrogen-bond acceptors (Lipinski definition) is 8. The fourth-order valence-electron chi connectivity index (χ4n) is 2.79. The highest BCUT2D eigenvalue weighted by Gasteiger charge is 2.22. The molecule has 33 heavy (non-hydrogen) atoms. The van der Waals surface area contributed by atoms with E-state index in [0.29, 0.717) is 47.1 Å². The maximum Gasteiger partial charge on any atom is 0.411 e. The zero-order chi connectivity index (χ0) is 23.8. The van der Waals surface area contributed by atoms with Crippen LogP contribution in [0.5, 0.6) is 11.5 Å². The molecule has 1 aromatic heterocycles. The van der Waals surface area contributed by atoms with Crippen molar-refractivity contribution < 1.29 is 23.7 Å². The Hall–Kier alpha value is -2.72. The average Bonchev–Trinajstić information content (AvgIpc) is 2.78. The molecule has 0 saturated carbocycles. The molecule has 2 N–H and O–H groups in total. The highest BCUT2D eigenvalue weighted by molar-refractivity contribution is 6.67. The molecule has 1 heterocycles. The normalized spacial score (nSPS) is 11.2.